The zero-order chi connectivity index (χ0) is 18.4. The summed E-state index contributed by atoms with van der Waals surface area (Å²) in [6.45, 7) is 11.5. The van der Waals surface area contributed by atoms with E-state index in [1.165, 1.54) is 17.1 Å². The second-order valence-corrected chi connectivity index (χ2v) is 6.99. The molecule has 1 N–H and O–H groups in total. The Morgan fingerprint density at radius 2 is 2.08 bits per heavy atom. The number of rotatable bonds is 5. The Bertz CT molecular complexity index is 735. The van der Waals surface area contributed by atoms with Crippen molar-refractivity contribution < 1.29 is 0 Å². The van der Waals surface area contributed by atoms with Gasteiger partial charge in [-0.1, -0.05) is 13.0 Å². The predicted molar refractivity (Wildman–Crippen MR) is 107 cm³/mol. The quantitative estimate of drug-likeness (QED) is 0.639. The van der Waals surface area contributed by atoms with Gasteiger partial charge >= 0.3 is 0 Å². The molecule has 8 heteroatoms. The van der Waals surface area contributed by atoms with Crippen molar-refractivity contribution in [3.8, 4) is 0 Å². The van der Waals surface area contributed by atoms with Crippen LogP contribution in [0.4, 0.5) is 5.13 Å². The molecule has 0 bridgehead atoms. The van der Waals surface area contributed by atoms with Crippen LogP contribution in [-0.2, 0) is 13.0 Å². The first-order valence-corrected chi connectivity index (χ1v) is 9.99. The molecule has 2 aromatic rings. The number of hydrogen-bond acceptors (Lipinski definition) is 6. The molecule has 1 saturated heterocycles. The summed E-state index contributed by atoms with van der Waals surface area (Å²) in [6.07, 6.45) is 2.72. The van der Waals surface area contributed by atoms with Crippen molar-refractivity contribution in [2.75, 3.05) is 37.6 Å². The molecule has 140 valence electrons. The highest BCUT2D eigenvalue weighted by molar-refractivity contribution is 7.09. The standard InChI is InChI=1S/C18H27N7S/c1-4-16-22-18(26-23-16)25-11-9-24(10-12-25)17(19-5-2)21-13-15-14(3)7-6-8-20-15/h6-8H,4-5,9-13H2,1-3H3,(H,19,21). The fourth-order valence-corrected chi connectivity index (χ4v) is 3.69. The van der Waals surface area contributed by atoms with E-state index in [4.69, 9.17) is 4.99 Å². The van der Waals surface area contributed by atoms with Gasteiger partial charge in [-0.3, -0.25) is 4.98 Å². The largest absolute Gasteiger partial charge is 0.357 e. The summed E-state index contributed by atoms with van der Waals surface area (Å²) in [5.41, 5.74) is 2.21. The van der Waals surface area contributed by atoms with Crippen LogP contribution in [0.15, 0.2) is 23.3 Å². The van der Waals surface area contributed by atoms with Crippen LogP contribution in [-0.4, -0.2) is 57.9 Å². The first kappa shape index (κ1) is 18.6. The van der Waals surface area contributed by atoms with Crippen LogP contribution in [0, 0.1) is 6.92 Å². The zero-order valence-corrected chi connectivity index (χ0v) is 16.6. The molecule has 1 fully saturated rings. The topological polar surface area (TPSA) is 69.5 Å². The molecule has 0 aliphatic carbocycles. The lowest BCUT2D eigenvalue weighted by Crippen LogP contribution is -2.52. The molecule has 26 heavy (non-hydrogen) atoms. The average molecular weight is 374 g/mol. The lowest BCUT2D eigenvalue weighted by Gasteiger charge is -2.36. The van der Waals surface area contributed by atoms with Crippen LogP contribution < -0.4 is 10.2 Å². The minimum atomic E-state index is 0.603. The molecule has 0 saturated carbocycles. The normalized spacial score (nSPS) is 15.4. The number of guanidine groups is 1. The highest BCUT2D eigenvalue weighted by atomic mass is 32.1. The van der Waals surface area contributed by atoms with Crippen LogP contribution in [0.5, 0.6) is 0 Å². The second kappa shape index (κ2) is 8.93. The van der Waals surface area contributed by atoms with Crippen LogP contribution in [0.2, 0.25) is 0 Å². The maximum Gasteiger partial charge on any atom is 0.205 e. The third-order valence-corrected chi connectivity index (χ3v) is 5.27. The van der Waals surface area contributed by atoms with E-state index >= 15 is 0 Å². The van der Waals surface area contributed by atoms with Gasteiger partial charge in [-0.05, 0) is 25.5 Å². The Morgan fingerprint density at radius 1 is 1.27 bits per heavy atom. The number of aliphatic imine (C=N–C) groups is 1. The minimum absolute atomic E-state index is 0.603. The molecule has 1 aliphatic heterocycles. The molecule has 0 unspecified atom stereocenters. The molecule has 2 aromatic heterocycles. The molecule has 7 nitrogen and oxygen atoms in total. The molecular formula is C18H27N7S. The molecule has 0 amide bonds. The second-order valence-electron chi connectivity index (χ2n) is 6.26. The van der Waals surface area contributed by atoms with Crippen LogP contribution in [0.3, 0.4) is 0 Å². The van der Waals surface area contributed by atoms with Gasteiger partial charge in [-0.2, -0.15) is 4.37 Å². The summed E-state index contributed by atoms with van der Waals surface area (Å²) in [5.74, 6) is 1.90. The zero-order valence-electron chi connectivity index (χ0n) is 15.8. The Hall–Kier alpha value is -2.22. The third kappa shape index (κ3) is 4.49. The predicted octanol–water partition coefficient (Wildman–Crippen LogP) is 2.09. The van der Waals surface area contributed by atoms with Crippen LogP contribution in [0.1, 0.15) is 30.9 Å². The summed E-state index contributed by atoms with van der Waals surface area (Å²) in [4.78, 5) is 18.5. The molecule has 1 aliphatic rings. The van der Waals surface area contributed by atoms with E-state index in [0.29, 0.717) is 6.54 Å². The van der Waals surface area contributed by atoms with Crippen LogP contribution >= 0.6 is 11.5 Å². The molecule has 3 heterocycles. The van der Waals surface area contributed by atoms with Gasteiger partial charge in [0.2, 0.25) is 5.13 Å². The lowest BCUT2D eigenvalue weighted by molar-refractivity contribution is 0.372. The van der Waals surface area contributed by atoms with E-state index in [0.717, 1.165) is 61.8 Å². The van der Waals surface area contributed by atoms with Crippen LogP contribution in [0.25, 0.3) is 0 Å². The van der Waals surface area contributed by atoms with Gasteiger partial charge in [0.15, 0.2) is 5.96 Å². The number of aryl methyl sites for hydroxylation is 2. The highest BCUT2D eigenvalue weighted by Gasteiger charge is 2.22. The molecule has 0 aromatic carbocycles. The Kier molecular flexibility index (Phi) is 6.38. The summed E-state index contributed by atoms with van der Waals surface area (Å²) in [6, 6.07) is 4.04. The Labute approximate surface area is 159 Å². The van der Waals surface area contributed by atoms with E-state index in [1.54, 1.807) is 0 Å². The maximum absolute atomic E-state index is 4.81. The number of anilines is 1. The number of piperazine rings is 1. The van der Waals surface area contributed by atoms with Crippen molar-refractivity contribution in [3.63, 3.8) is 0 Å². The number of nitrogens with zero attached hydrogens (tertiary/aromatic N) is 6. The number of aromatic nitrogens is 3. The smallest absolute Gasteiger partial charge is 0.205 e. The van der Waals surface area contributed by atoms with Crippen molar-refractivity contribution in [3.05, 3.63) is 35.4 Å². The number of pyridine rings is 1. The van der Waals surface area contributed by atoms with E-state index in [2.05, 4.69) is 56.3 Å². The van der Waals surface area contributed by atoms with E-state index in [9.17, 15) is 0 Å². The maximum atomic E-state index is 4.81. The SMILES string of the molecule is CCNC(=NCc1ncccc1C)N1CCN(c2nc(CC)ns2)CC1. The van der Waals surface area contributed by atoms with Gasteiger partial charge in [-0.25, -0.2) is 9.98 Å². The summed E-state index contributed by atoms with van der Waals surface area (Å²) < 4.78 is 4.40. The average Bonchev–Trinajstić information content (AvgIpc) is 3.16. The van der Waals surface area contributed by atoms with E-state index in [-0.39, 0.29) is 0 Å². The van der Waals surface area contributed by atoms with Crippen molar-refractivity contribution in [1.82, 2.24) is 24.6 Å². The highest BCUT2D eigenvalue weighted by Crippen LogP contribution is 2.19. The van der Waals surface area contributed by atoms with E-state index < -0.39 is 0 Å². The molecule has 0 radical (unpaired) electrons. The lowest BCUT2D eigenvalue weighted by atomic mass is 10.2. The fraction of sp³-hybridized carbons (Fsp3) is 0.556. The monoisotopic (exact) mass is 373 g/mol. The van der Waals surface area contributed by atoms with Crippen molar-refractivity contribution >= 4 is 22.6 Å². The number of nitrogens with one attached hydrogen (secondary N) is 1. The molecular weight excluding hydrogens is 346 g/mol. The van der Waals surface area contributed by atoms with Gasteiger partial charge in [0, 0.05) is 56.9 Å². The van der Waals surface area contributed by atoms with E-state index in [1.807, 2.05) is 12.3 Å². The summed E-state index contributed by atoms with van der Waals surface area (Å²) >= 11 is 1.50. The summed E-state index contributed by atoms with van der Waals surface area (Å²) in [5, 5.41) is 4.45. The van der Waals surface area contributed by atoms with Gasteiger partial charge in [0.1, 0.15) is 5.82 Å². The van der Waals surface area contributed by atoms with Gasteiger partial charge in [0.25, 0.3) is 0 Å². The Balaban J connectivity index is 1.62. The van der Waals surface area contributed by atoms with Crippen molar-refractivity contribution in [2.24, 2.45) is 4.99 Å². The van der Waals surface area contributed by atoms with Gasteiger partial charge in [-0.15, -0.1) is 0 Å². The van der Waals surface area contributed by atoms with Gasteiger partial charge in [0.05, 0.1) is 12.2 Å². The number of hydrogen-bond donors (Lipinski definition) is 1. The summed E-state index contributed by atoms with van der Waals surface area (Å²) in [7, 11) is 0. The fourth-order valence-electron chi connectivity index (χ4n) is 2.89. The Morgan fingerprint density at radius 3 is 2.73 bits per heavy atom. The first-order chi connectivity index (χ1) is 12.7. The first-order valence-electron chi connectivity index (χ1n) is 9.22. The van der Waals surface area contributed by atoms with Crippen molar-refractivity contribution in [2.45, 2.75) is 33.7 Å². The molecule has 0 spiro atoms. The van der Waals surface area contributed by atoms with Crippen molar-refractivity contribution in [1.29, 1.82) is 0 Å². The minimum Gasteiger partial charge on any atom is -0.357 e. The third-order valence-electron chi connectivity index (χ3n) is 4.45. The van der Waals surface area contributed by atoms with Gasteiger partial charge < -0.3 is 15.1 Å². The molecule has 0 atom stereocenters. The molecule has 3 rings (SSSR count).